The van der Waals surface area contributed by atoms with Crippen LogP contribution in [0.2, 0.25) is 0 Å². The fraction of sp³-hybridized carbons (Fsp3) is 0.318. The van der Waals surface area contributed by atoms with Gasteiger partial charge in [-0.25, -0.2) is 4.98 Å². The fourth-order valence-electron chi connectivity index (χ4n) is 3.57. The van der Waals surface area contributed by atoms with Crippen molar-refractivity contribution in [2.45, 2.75) is 38.6 Å². The third-order valence-corrected chi connectivity index (χ3v) is 4.72. The number of nitrogens with zero attached hydrogens (tertiary/aromatic N) is 2. The van der Waals surface area contributed by atoms with E-state index in [1.807, 2.05) is 12.5 Å². The Morgan fingerprint density at radius 3 is 1.92 bits per heavy atom. The minimum atomic E-state index is 0.484. The van der Waals surface area contributed by atoms with E-state index in [9.17, 15) is 0 Å². The third kappa shape index (κ3) is 4.35. The van der Waals surface area contributed by atoms with Crippen LogP contribution in [-0.2, 0) is 12.8 Å². The molecule has 0 aliphatic rings. The zero-order valence-corrected chi connectivity index (χ0v) is 14.4. The van der Waals surface area contributed by atoms with Gasteiger partial charge in [0.15, 0.2) is 0 Å². The highest BCUT2D eigenvalue weighted by atomic mass is 15.1. The van der Waals surface area contributed by atoms with Crippen molar-refractivity contribution < 1.29 is 0 Å². The summed E-state index contributed by atoms with van der Waals surface area (Å²) in [7, 11) is 0. The molecule has 0 bridgehead atoms. The third-order valence-electron chi connectivity index (χ3n) is 4.72. The quantitative estimate of drug-likeness (QED) is 0.549. The van der Waals surface area contributed by atoms with Crippen LogP contribution < -0.4 is 0 Å². The van der Waals surface area contributed by atoms with Gasteiger partial charge in [0.1, 0.15) is 0 Å². The van der Waals surface area contributed by atoms with E-state index in [1.54, 1.807) is 0 Å². The van der Waals surface area contributed by atoms with Gasteiger partial charge in [-0.2, -0.15) is 0 Å². The zero-order valence-electron chi connectivity index (χ0n) is 14.4. The number of aromatic nitrogens is 2. The molecular weight excluding hydrogens is 292 g/mol. The van der Waals surface area contributed by atoms with Crippen LogP contribution in [0.1, 0.15) is 36.9 Å². The average molecular weight is 318 g/mol. The van der Waals surface area contributed by atoms with Crippen molar-refractivity contribution in [2.24, 2.45) is 5.92 Å². The van der Waals surface area contributed by atoms with E-state index >= 15 is 0 Å². The molecule has 0 amide bonds. The number of imidazole rings is 1. The number of hydrogen-bond donors (Lipinski definition) is 0. The highest BCUT2D eigenvalue weighted by molar-refractivity contribution is 5.19. The summed E-state index contributed by atoms with van der Waals surface area (Å²) < 4.78 is 2.31. The second-order valence-corrected chi connectivity index (χ2v) is 6.51. The predicted molar refractivity (Wildman–Crippen MR) is 100.0 cm³/mol. The lowest BCUT2D eigenvalue weighted by atomic mass is 9.84. The Balaban J connectivity index is 1.87. The highest BCUT2D eigenvalue weighted by Gasteiger charge is 2.23. The van der Waals surface area contributed by atoms with Gasteiger partial charge in [0, 0.05) is 18.4 Å². The molecule has 24 heavy (non-hydrogen) atoms. The van der Waals surface area contributed by atoms with Crippen molar-refractivity contribution in [1.82, 2.24) is 9.55 Å². The van der Waals surface area contributed by atoms with Gasteiger partial charge in [-0.05, 0) is 36.3 Å². The van der Waals surface area contributed by atoms with E-state index in [4.69, 9.17) is 0 Å². The summed E-state index contributed by atoms with van der Waals surface area (Å²) in [4.78, 5) is 4.28. The van der Waals surface area contributed by atoms with E-state index in [0.29, 0.717) is 12.0 Å². The van der Waals surface area contributed by atoms with Crippen LogP contribution in [0.15, 0.2) is 79.4 Å². The maximum absolute atomic E-state index is 4.28. The van der Waals surface area contributed by atoms with Crippen LogP contribution in [0.4, 0.5) is 0 Å². The summed E-state index contributed by atoms with van der Waals surface area (Å²) in [5.74, 6) is 0.559. The van der Waals surface area contributed by atoms with Crippen LogP contribution in [0, 0.1) is 5.92 Å². The molecule has 0 saturated carbocycles. The maximum Gasteiger partial charge on any atom is 0.0948 e. The summed E-state index contributed by atoms with van der Waals surface area (Å²) in [5, 5.41) is 0. The van der Waals surface area contributed by atoms with Crippen molar-refractivity contribution in [3.8, 4) is 0 Å². The molecule has 0 aliphatic carbocycles. The molecule has 1 aromatic heterocycles. The van der Waals surface area contributed by atoms with Crippen LogP contribution in [0.3, 0.4) is 0 Å². The summed E-state index contributed by atoms with van der Waals surface area (Å²) in [6.45, 7) is 2.27. The Kier molecular flexibility index (Phi) is 5.84. The van der Waals surface area contributed by atoms with Gasteiger partial charge < -0.3 is 4.57 Å². The number of hydrogen-bond acceptors (Lipinski definition) is 1. The van der Waals surface area contributed by atoms with Gasteiger partial charge in [-0.3, -0.25) is 0 Å². The largest absolute Gasteiger partial charge is 0.334 e. The predicted octanol–water partition coefficient (Wildman–Crippen LogP) is 5.33. The lowest BCUT2D eigenvalue weighted by Crippen LogP contribution is -2.23. The van der Waals surface area contributed by atoms with E-state index in [1.165, 1.54) is 24.0 Å². The van der Waals surface area contributed by atoms with E-state index in [2.05, 4.69) is 83.3 Å². The van der Waals surface area contributed by atoms with E-state index in [0.717, 1.165) is 12.8 Å². The first-order valence-electron chi connectivity index (χ1n) is 8.92. The second kappa shape index (κ2) is 8.49. The topological polar surface area (TPSA) is 17.8 Å². The molecular formula is C22H26N2. The van der Waals surface area contributed by atoms with Crippen molar-refractivity contribution in [3.05, 3.63) is 90.5 Å². The van der Waals surface area contributed by atoms with Crippen molar-refractivity contribution in [3.63, 3.8) is 0 Å². The molecule has 2 heteroatoms. The summed E-state index contributed by atoms with van der Waals surface area (Å²) >= 11 is 0. The molecule has 0 fully saturated rings. The van der Waals surface area contributed by atoms with Gasteiger partial charge >= 0.3 is 0 Å². The number of rotatable bonds is 8. The lowest BCUT2D eigenvalue weighted by Gasteiger charge is -2.28. The molecule has 1 unspecified atom stereocenters. The normalized spacial score (nSPS) is 12.4. The van der Waals surface area contributed by atoms with Gasteiger partial charge in [-0.1, -0.05) is 74.0 Å². The molecule has 0 N–H and O–H groups in total. The maximum atomic E-state index is 4.28. The van der Waals surface area contributed by atoms with Crippen molar-refractivity contribution >= 4 is 0 Å². The summed E-state index contributed by atoms with van der Waals surface area (Å²) in [6.07, 6.45) is 10.5. The first-order chi connectivity index (χ1) is 11.9. The minimum Gasteiger partial charge on any atom is -0.334 e. The Labute approximate surface area is 145 Å². The molecule has 2 aromatic carbocycles. The van der Waals surface area contributed by atoms with E-state index in [-0.39, 0.29) is 0 Å². The first kappa shape index (κ1) is 16.5. The second-order valence-electron chi connectivity index (χ2n) is 6.51. The molecule has 3 aromatic rings. The van der Waals surface area contributed by atoms with Gasteiger partial charge in [0.2, 0.25) is 0 Å². The van der Waals surface area contributed by atoms with E-state index < -0.39 is 0 Å². The van der Waals surface area contributed by atoms with Crippen LogP contribution >= 0.6 is 0 Å². The standard InChI is InChI=1S/C22H26N2/c1-2-9-22(24-15-14-23-18-24)21(16-19-10-5-3-6-11-19)17-20-12-7-4-8-13-20/h3-8,10-15,18,21-22H,2,9,16-17H2,1H3. The lowest BCUT2D eigenvalue weighted by molar-refractivity contribution is 0.302. The summed E-state index contributed by atoms with van der Waals surface area (Å²) in [6, 6.07) is 22.2. The molecule has 0 radical (unpaired) electrons. The first-order valence-corrected chi connectivity index (χ1v) is 8.92. The Morgan fingerprint density at radius 2 is 1.46 bits per heavy atom. The molecule has 0 aliphatic heterocycles. The van der Waals surface area contributed by atoms with Crippen LogP contribution in [-0.4, -0.2) is 9.55 Å². The summed E-state index contributed by atoms with van der Waals surface area (Å²) in [5.41, 5.74) is 2.83. The molecule has 3 rings (SSSR count). The van der Waals surface area contributed by atoms with Crippen LogP contribution in [0.5, 0.6) is 0 Å². The molecule has 0 saturated heterocycles. The molecule has 1 atom stereocenters. The Morgan fingerprint density at radius 1 is 0.875 bits per heavy atom. The highest BCUT2D eigenvalue weighted by Crippen LogP contribution is 2.30. The monoisotopic (exact) mass is 318 g/mol. The van der Waals surface area contributed by atoms with Gasteiger partial charge in [-0.15, -0.1) is 0 Å². The Hall–Kier alpha value is -2.35. The molecule has 1 heterocycles. The molecule has 2 nitrogen and oxygen atoms in total. The number of benzene rings is 2. The molecule has 0 spiro atoms. The Bertz CT molecular complexity index is 648. The zero-order chi connectivity index (χ0) is 16.6. The molecule has 124 valence electrons. The van der Waals surface area contributed by atoms with Gasteiger partial charge in [0.25, 0.3) is 0 Å². The minimum absolute atomic E-state index is 0.484. The van der Waals surface area contributed by atoms with Crippen molar-refractivity contribution in [2.75, 3.05) is 0 Å². The van der Waals surface area contributed by atoms with Gasteiger partial charge in [0.05, 0.1) is 6.33 Å². The van der Waals surface area contributed by atoms with Crippen LogP contribution in [0.25, 0.3) is 0 Å². The fourth-order valence-corrected chi connectivity index (χ4v) is 3.57. The SMILES string of the molecule is CCCC(C(Cc1ccccc1)Cc1ccccc1)n1ccnc1. The van der Waals surface area contributed by atoms with Crippen molar-refractivity contribution in [1.29, 1.82) is 0 Å². The average Bonchev–Trinajstić information content (AvgIpc) is 3.15. The smallest absolute Gasteiger partial charge is 0.0948 e.